The molecule has 0 saturated heterocycles. The molecule has 0 saturated carbocycles. The molecule has 0 aliphatic rings. The lowest BCUT2D eigenvalue weighted by molar-refractivity contribution is 0.585. The quantitative estimate of drug-likeness (QED) is 0.846. The molecule has 0 aliphatic heterocycles. The number of nitrogens with zero attached hydrogens (tertiary/aromatic N) is 1. The van der Waals surface area contributed by atoms with E-state index in [9.17, 15) is 8.42 Å². The third kappa shape index (κ3) is 3.10. The van der Waals surface area contributed by atoms with Gasteiger partial charge in [0.05, 0.1) is 0 Å². The Balaban J connectivity index is 2.82. The minimum atomic E-state index is -3.51. The molecule has 1 heterocycles. The third-order valence-corrected chi connectivity index (χ3v) is 2.92. The van der Waals surface area contributed by atoms with Crippen molar-refractivity contribution < 1.29 is 8.42 Å². The smallest absolute Gasteiger partial charge is 0.242 e. The summed E-state index contributed by atoms with van der Waals surface area (Å²) in [5.74, 6) is 0. The van der Waals surface area contributed by atoms with Gasteiger partial charge in [0.1, 0.15) is 4.90 Å². The first kappa shape index (κ1) is 11.2. The van der Waals surface area contributed by atoms with Crippen molar-refractivity contribution in [2.24, 2.45) is 0 Å². The summed E-state index contributed by atoms with van der Waals surface area (Å²) >= 11 is 5.43. The monoisotopic (exact) mass is 232 g/mol. The lowest BCUT2D eigenvalue weighted by atomic mass is 10.5. The minimum absolute atomic E-state index is 0.0127. The van der Waals surface area contributed by atoms with Crippen LogP contribution in [0.5, 0.6) is 0 Å². The van der Waals surface area contributed by atoms with Crippen LogP contribution in [-0.2, 0) is 10.0 Å². The molecule has 0 atom stereocenters. The number of sulfonamides is 1. The van der Waals surface area contributed by atoms with Crippen molar-refractivity contribution in [1.29, 1.82) is 0 Å². The van der Waals surface area contributed by atoms with E-state index in [0.717, 1.165) is 0 Å². The summed E-state index contributed by atoms with van der Waals surface area (Å²) in [7, 11) is -3.51. The molecule has 0 bridgehead atoms. The van der Waals surface area contributed by atoms with E-state index in [1.165, 1.54) is 18.5 Å². The van der Waals surface area contributed by atoms with Crippen molar-refractivity contribution in [3.05, 3.63) is 36.1 Å². The lowest BCUT2D eigenvalue weighted by Gasteiger charge is -2.04. The number of halogens is 1. The van der Waals surface area contributed by atoms with E-state index in [0.29, 0.717) is 0 Å². The first-order valence-electron chi connectivity index (χ1n) is 3.75. The maximum absolute atomic E-state index is 11.5. The van der Waals surface area contributed by atoms with Gasteiger partial charge in [-0.3, -0.25) is 4.98 Å². The van der Waals surface area contributed by atoms with Crippen molar-refractivity contribution in [2.45, 2.75) is 4.90 Å². The second kappa shape index (κ2) is 4.54. The molecule has 0 aliphatic carbocycles. The van der Waals surface area contributed by atoms with Gasteiger partial charge in [-0.05, 0) is 12.1 Å². The number of rotatable bonds is 4. The standard InChI is InChI=1S/C8H9ClN2O2S/c1-7(9)5-11-14(12,13)8-3-2-4-10-6-8/h2-4,6,11H,1,5H2. The minimum Gasteiger partial charge on any atom is -0.263 e. The van der Waals surface area contributed by atoms with Crippen LogP contribution in [0.25, 0.3) is 0 Å². The van der Waals surface area contributed by atoms with Gasteiger partial charge in [0.15, 0.2) is 0 Å². The topological polar surface area (TPSA) is 59.1 Å². The molecular formula is C8H9ClN2O2S. The Kier molecular flexibility index (Phi) is 3.62. The van der Waals surface area contributed by atoms with Crippen LogP contribution in [0.2, 0.25) is 0 Å². The van der Waals surface area contributed by atoms with Crippen molar-refractivity contribution in [3.8, 4) is 0 Å². The fraction of sp³-hybridized carbons (Fsp3) is 0.125. The zero-order valence-electron chi connectivity index (χ0n) is 7.27. The van der Waals surface area contributed by atoms with Gasteiger partial charge in [0, 0.05) is 24.0 Å². The van der Waals surface area contributed by atoms with Crippen LogP contribution >= 0.6 is 11.6 Å². The SMILES string of the molecule is C=C(Cl)CNS(=O)(=O)c1cccnc1. The predicted molar refractivity (Wildman–Crippen MR) is 54.4 cm³/mol. The van der Waals surface area contributed by atoms with E-state index in [1.54, 1.807) is 6.07 Å². The van der Waals surface area contributed by atoms with Crippen molar-refractivity contribution in [3.63, 3.8) is 0 Å². The van der Waals surface area contributed by atoms with E-state index in [-0.39, 0.29) is 16.5 Å². The van der Waals surface area contributed by atoms with Crippen LogP contribution in [0, 0.1) is 0 Å². The molecular weight excluding hydrogens is 224 g/mol. The van der Waals surface area contributed by atoms with Crippen LogP contribution in [0.1, 0.15) is 0 Å². The summed E-state index contributed by atoms with van der Waals surface area (Å²) in [6.45, 7) is 3.39. The number of pyridine rings is 1. The van der Waals surface area contributed by atoms with Gasteiger partial charge in [0.2, 0.25) is 10.0 Å². The van der Waals surface area contributed by atoms with Crippen molar-refractivity contribution >= 4 is 21.6 Å². The first-order chi connectivity index (χ1) is 6.52. The van der Waals surface area contributed by atoms with Gasteiger partial charge >= 0.3 is 0 Å². The molecule has 0 fully saturated rings. The van der Waals surface area contributed by atoms with E-state index in [4.69, 9.17) is 11.6 Å². The maximum atomic E-state index is 11.5. The number of aromatic nitrogens is 1. The molecule has 76 valence electrons. The molecule has 0 unspecified atom stereocenters. The maximum Gasteiger partial charge on any atom is 0.242 e. The Morgan fingerprint density at radius 3 is 2.86 bits per heavy atom. The molecule has 1 aromatic heterocycles. The molecule has 0 radical (unpaired) electrons. The summed E-state index contributed by atoms with van der Waals surface area (Å²) in [6, 6.07) is 3.00. The molecule has 6 heteroatoms. The molecule has 0 spiro atoms. The largest absolute Gasteiger partial charge is 0.263 e. The van der Waals surface area contributed by atoms with Crippen LogP contribution in [0.15, 0.2) is 41.0 Å². The summed E-state index contributed by atoms with van der Waals surface area (Å²) in [5, 5.41) is 0.234. The molecule has 1 N–H and O–H groups in total. The highest BCUT2D eigenvalue weighted by Gasteiger charge is 2.12. The number of hydrogen-bond donors (Lipinski definition) is 1. The molecule has 1 aromatic rings. The summed E-state index contributed by atoms with van der Waals surface area (Å²) in [6.07, 6.45) is 2.76. The van der Waals surface area contributed by atoms with Crippen LogP contribution in [-0.4, -0.2) is 19.9 Å². The Labute approximate surface area is 87.7 Å². The van der Waals surface area contributed by atoms with Crippen LogP contribution in [0.4, 0.5) is 0 Å². The van der Waals surface area contributed by atoms with Crippen LogP contribution in [0.3, 0.4) is 0 Å². The average Bonchev–Trinajstić information content (AvgIpc) is 2.16. The highest BCUT2D eigenvalue weighted by atomic mass is 35.5. The molecule has 14 heavy (non-hydrogen) atoms. The highest BCUT2D eigenvalue weighted by Crippen LogP contribution is 2.06. The zero-order chi connectivity index (χ0) is 10.6. The fourth-order valence-electron chi connectivity index (χ4n) is 0.763. The van der Waals surface area contributed by atoms with Crippen molar-refractivity contribution in [1.82, 2.24) is 9.71 Å². The molecule has 1 rings (SSSR count). The third-order valence-electron chi connectivity index (χ3n) is 1.40. The zero-order valence-corrected chi connectivity index (χ0v) is 8.85. The van der Waals surface area contributed by atoms with Crippen molar-refractivity contribution in [2.75, 3.05) is 6.54 Å². The van der Waals surface area contributed by atoms with E-state index in [2.05, 4.69) is 16.3 Å². The van der Waals surface area contributed by atoms with Gasteiger partial charge in [0.25, 0.3) is 0 Å². The molecule has 4 nitrogen and oxygen atoms in total. The van der Waals surface area contributed by atoms with Gasteiger partial charge in [-0.15, -0.1) is 0 Å². The molecule has 0 aromatic carbocycles. The Hall–Kier alpha value is -0.910. The van der Waals surface area contributed by atoms with Gasteiger partial charge in [-0.1, -0.05) is 18.2 Å². The van der Waals surface area contributed by atoms with Crippen LogP contribution < -0.4 is 4.72 Å². The average molecular weight is 233 g/mol. The van der Waals surface area contributed by atoms with E-state index in [1.807, 2.05) is 0 Å². The summed E-state index contributed by atoms with van der Waals surface area (Å²) in [5.41, 5.74) is 0. The van der Waals surface area contributed by atoms with Gasteiger partial charge < -0.3 is 0 Å². The Morgan fingerprint density at radius 2 is 2.36 bits per heavy atom. The fourth-order valence-corrected chi connectivity index (χ4v) is 1.90. The molecule has 0 amide bonds. The Morgan fingerprint density at radius 1 is 1.64 bits per heavy atom. The number of hydrogen-bond acceptors (Lipinski definition) is 3. The summed E-state index contributed by atoms with van der Waals surface area (Å²) in [4.78, 5) is 3.81. The second-order valence-corrected chi connectivity index (χ2v) is 4.83. The normalized spacial score (nSPS) is 11.2. The van der Waals surface area contributed by atoms with Gasteiger partial charge in [-0.25, -0.2) is 13.1 Å². The van der Waals surface area contributed by atoms with Gasteiger partial charge in [-0.2, -0.15) is 0 Å². The first-order valence-corrected chi connectivity index (χ1v) is 5.61. The summed E-state index contributed by atoms with van der Waals surface area (Å²) < 4.78 is 25.2. The predicted octanol–water partition coefficient (Wildman–Crippen LogP) is 1.11. The number of nitrogens with one attached hydrogen (secondary N) is 1. The highest BCUT2D eigenvalue weighted by molar-refractivity contribution is 7.89. The lowest BCUT2D eigenvalue weighted by Crippen LogP contribution is -2.24. The Bertz CT molecular complexity index is 416. The van der Waals surface area contributed by atoms with E-state index < -0.39 is 10.0 Å². The van der Waals surface area contributed by atoms with E-state index >= 15 is 0 Å². The second-order valence-electron chi connectivity index (χ2n) is 2.53.